The van der Waals surface area contributed by atoms with Crippen LogP contribution in [0.25, 0.3) is 11.3 Å². The normalized spacial score (nSPS) is 11.0. The van der Waals surface area contributed by atoms with E-state index in [9.17, 15) is 4.79 Å². The molecule has 0 bridgehead atoms. The fraction of sp³-hybridized carbons (Fsp3) is 0.250. The number of nitrogens with one attached hydrogen (secondary N) is 1. The van der Waals surface area contributed by atoms with E-state index in [-0.39, 0.29) is 11.7 Å². The number of carbonyl (C=O) groups is 1. The highest BCUT2D eigenvalue weighted by atomic mass is 35.5. The molecule has 0 radical (unpaired) electrons. The van der Waals surface area contributed by atoms with Gasteiger partial charge in [-0.25, -0.2) is 4.98 Å². The summed E-state index contributed by atoms with van der Waals surface area (Å²) in [5.41, 5.74) is 1.73. The molecule has 36 heavy (non-hydrogen) atoms. The Morgan fingerprint density at radius 3 is 2.64 bits per heavy atom. The Labute approximate surface area is 232 Å². The van der Waals surface area contributed by atoms with E-state index in [0.717, 1.165) is 23.5 Å². The molecule has 0 atom stereocenters. The molecule has 2 aromatic heterocycles. The number of ether oxygens (including phenoxy) is 1. The maximum Gasteiger partial charge on any atom is 0.236 e. The molecule has 4 aromatic rings. The van der Waals surface area contributed by atoms with Gasteiger partial charge < -0.3 is 14.6 Å². The van der Waals surface area contributed by atoms with Crippen LogP contribution in [-0.2, 0) is 17.8 Å². The number of thioether (sulfide) groups is 1. The smallest absolute Gasteiger partial charge is 0.236 e. The topological polar surface area (TPSA) is 81.9 Å². The molecular weight excluding hydrogens is 561 g/mol. The van der Waals surface area contributed by atoms with Gasteiger partial charge in [0.15, 0.2) is 10.3 Å². The van der Waals surface area contributed by atoms with Crippen molar-refractivity contribution in [3.05, 3.63) is 68.7 Å². The molecule has 0 saturated heterocycles. The molecule has 1 N–H and O–H groups in total. The van der Waals surface area contributed by atoms with Crippen LogP contribution in [-0.4, -0.2) is 38.0 Å². The van der Waals surface area contributed by atoms with Crippen LogP contribution in [0, 0.1) is 0 Å². The molecule has 0 aliphatic rings. The molecule has 2 heterocycles. The van der Waals surface area contributed by atoms with E-state index in [0.29, 0.717) is 50.7 Å². The molecule has 0 unspecified atom stereocenters. The van der Waals surface area contributed by atoms with Crippen molar-refractivity contribution < 1.29 is 9.53 Å². The number of nitrogens with zero attached hydrogens (tertiary/aromatic N) is 4. The van der Waals surface area contributed by atoms with Crippen LogP contribution in [0.3, 0.4) is 0 Å². The minimum absolute atomic E-state index is 0.155. The Hall–Kier alpha value is -2.30. The van der Waals surface area contributed by atoms with E-state index in [1.165, 1.54) is 23.1 Å². The Bertz CT molecular complexity index is 1330. The fourth-order valence-corrected chi connectivity index (χ4v) is 5.45. The summed E-state index contributed by atoms with van der Waals surface area (Å²) in [4.78, 5) is 17.0. The Morgan fingerprint density at radius 1 is 1.11 bits per heavy atom. The number of anilines is 1. The lowest BCUT2D eigenvalue weighted by molar-refractivity contribution is -0.113. The number of thiazole rings is 1. The summed E-state index contributed by atoms with van der Waals surface area (Å²) in [6, 6.07) is 12.6. The number of amides is 1. The Balaban J connectivity index is 1.26. The standard InChI is InChI=1S/C24H22Cl3N5O2S2/c1-2-32-21(4-3-11-34-20-10-9-17(26)12-18(20)27)30-31-24(32)36-14-22(33)29-23-28-19(13-35-23)15-5-7-16(25)8-6-15/h5-10,12-13H,2-4,11,14H2,1H3,(H,28,29,33). The lowest BCUT2D eigenvalue weighted by Crippen LogP contribution is -2.14. The molecule has 0 aliphatic heterocycles. The van der Waals surface area contributed by atoms with Crippen LogP contribution in [0.15, 0.2) is 53.0 Å². The van der Waals surface area contributed by atoms with Gasteiger partial charge in [-0.15, -0.1) is 21.5 Å². The van der Waals surface area contributed by atoms with Crippen molar-refractivity contribution in [2.75, 3.05) is 17.7 Å². The fourth-order valence-electron chi connectivity index (χ4n) is 3.30. The highest BCUT2D eigenvalue weighted by molar-refractivity contribution is 7.99. The average molecular weight is 583 g/mol. The van der Waals surface area contributed by atoms with Crippen molar-refractivity contribution in [2.45, 2.75) is 31.5 Å². The van der Waals surface area contributed by atoms with Gasteiger partial charge in [-0.1, -0.05) is 58.7 Å². The minimum atomic E-state index is -0.155. The van der Waals surface area contributed by atoms with Crippen molar-refractivity contribution in [1.29, 1.82) is 0 Å². The molecule has 0 aliphatic carbocycles. The second-order valence-electron chi connectivity index (χ2n) is 7.55. The van der Waals surface area contributed by atoms with E-state index < -0.39 is 0 Å². The first kappa shape index (κ1) is 26.8. The third-order valence-electron chi connectivity index (χ3n) is 5.03. The molecule has 0 fully saturated rings. The van der Waals surface area contributed by atoms with E-state index in [1.54, 1.807) is 18.2 Å². The van der Waals surface area contributed by atoms with Crippen molar-refractivity contribution in [2.24, 2.45) is 0 Å². The van der Waals surface area contributed by atoms with Crippen LogP contribution < -0.4 is 10.1 Å². The number of aromatic nitrogens is 4. The van der Waals surface area contributed by atoms with Gasteiger partial charge in [0.1, 0.15) is 11.6 Å². The van der Waals surface area contributed by atoms with Crippen molar-refractivity contribution >= 4 is 68.9 Å². The number of rotatable bonds is 11. The van der Waals surface area contributed by atoms with E-state index >= 15 is 0 Å². The molecule has 0 spiro atoms. The molecular formula is C24H22Cl3N5O2S2. The van der Waals surface area contributed by atoms with Crippen LogP contribution >= 0.6 is 57.9 Å². The first-order chi connectivity index (χ1) is 17.4. The summed E-state index contributed by atoms with van der Waals surface area (Å²) in [6.07, 6.45) is 1.42. The van der Waals surface area contributed by atoms with Gasteiger partial charge in [0.2, 0.25) is 5.91 Å². The maximum absolute atomic E-state index is 12.5. The molecule has 2 aromatic carbocycles. The summed E-state index contributed by atoms with van der Waals surface area (Å²) >= 11 is 20.7. The van der Waals surface area contributed by atoms with Gasteiger partial charge in [-0.2, -0.15) is 0 Å². The zero-order valence-corrected chi connectivity index (χ0v) is 23.1. The number of hydrogen-bond donors (Lipinski definition) is 1. The van der Waals surface area contributed by atoms with Crippen LogP contribution in [0.2, 0.25) is 15.1 Å². The van der Waals surface area contributed by atoms with Gasteiger partial charge in [-0.3, -0.25) is 4.79 Å². The number of hydrogen-bond acceptors (Lipinski definition) is 7. The van der Waals surface area contributed by atoms with Gasteiger partial charge in [0.25, 0.3) is 0 Å². The lowest BCUT2D eigenvalue weighted by atomic mass is 10.2. The van der Waals surface area contributed by atoms with Crippen LogP contribution in [0.1, 0.15) is 19.2 Å². The summed E-state index contributed by atoms with van der Waals surface area (Å²) in [5, 5.41) is 16.3. The van der Waals surface area contributed by atoms with E-state index in [4.69, 9.17) is 39.5 Å². The largest absolute Gasteiger partial charge is 0.492 e. The highest BCUT2D eigenvalue weighted by Gasteiger charge is 2.14. The maximum atomic E-state index is 12.5. The number of halogens is 3. The molecule has 0 saturated carbocycles. The van der Waals surface area contributed by atoms with E-state index in [1.807, 2.05) is 41.1 Å². The Morgan fingerprint density at radius 2 is 1.89 bits per heavy atom. The van der Waals surface area contributed by atoms with E-state index in [2.05, 4.69) is 20.5 Å². The summed E-state index contributed by atoms with van der Waals surface area (Å²) in [6.45, 7) is 3.20. The number of aryl methyl sites for hydroxylation is 1. The third kappa shape index (κ3) is 7.14. The first-order valence-corrected chi connectivity index (χ1v) is 14.1. The van der Waals surface area contributed by atoms with Crippen LogP contribution in [0.4, 0.5) is 5.13 Å². The Kier molecular flexibility index (Phi) is 9.50. The zero-order chi connectivity index (χ0) is 25.5. The SMILES string of the molecule is CCn1c(CCCOc2ccc(Cl)cc2Cl)nnc1SCC(=O)Nc1nc(-c2ccc(Cl)cc2)cs1. The average Bonchev–Trinajstić information content (AvgIpc) is 3.48. The van der Waals surface area contributed by atoms with Crippen LogP contribution in [0.5, 0.6) is 5.75 Å². The van der Waals surface area contributed by atoms with Gasteiger partial charge in [0, 0.05) is 34.0 Å². The predicted molar refractivity (Wildman–Crippen MR) is 148 cm³/mol. The molecule has 7 nitrogen and oxygen atoms in total. The summed E-state index contributed by atoms with van der Waals surface area (Å²) in [7, 11) is 0. The highest BCUT2D eigenvalue weighted by Crippen LogP contribution is 2.28. The molecule has 4 rings (SSSR count). The molecule has 188 valence electrons. The molecule has 12 heteroatoms. The van der Waals surface area contributed by atoms with Crippen molar-refractivity contribution in [1.82, 2.24) is 19.7 Å². The second kappa shape index (κ2) is 12.8. The quantitative estimate of drug-likeness (QED) is 0.150. The minimum Gasteiger partial charge on any atom is -0.492 e. The first-order valence-electron chi connectivity index (χ1n) is 11.1. The number of benzene rings is 2. The number of carbonyl (C=O) groups excluding carboxylic acids is 1. The molecule has 1 amide bonds. The zero-order valence-electron chi connectivity index (χ0n) is 19.2. The van der Waals surface area contributed by atoms with Gasteiger partial charge in [0.05, 0.1) is 23.1 Å². The van der Waals surface area contributed by atoms with Gasteiger partial charge in [-0.05, 0) is 43.7 Å². The van der Waals surface area contributed by atoms with Crippen molar-refractivity contribution in [3.63, 3.8) is 0 Å². The van der Waals surface area contributed by atoms with Crippen molar-refractivity contribution in [3.8, 4) is 17.0 Å². The van der Waals surface area contributed by atoms with Gasteiger partial charge >= 0.3 is 0 Å². The monoisotopic (exact) mass is 581 g/mol. The third-order valence-corrected chi connectivity index (χ3v) is 7.54. The predicted octanol–water partition coefficient (Wildman–Crippen LogP) is 7.12. The summed E-state index contributed by atoms with van der Waals surface area (Å²) in [5.74, 6) is 1.49. The summed E-state index contributed by atoms with van der Waals surface area (Å²) < 4.78 is 7.76. The second-order valence-corrected chi connectivity index (χ2v) is 10.6. The lowest BCUT2D eigenvalue weighted by Gasteiger charge is -2.09.